The molecular weight excluding hydrogens is 354 g/mol. The molecule has 2 rings (SSSR count). The van der Waals surface area contributed by atoms with Crippen molar-refractivity contribution in [1.29, 1.82) is 0 Å². The van der Waals surface area contributed by atoms with Crippen LogP contribution in [0.15, 0.2) is 30.3 Å². The van der Waals surface area contributed by atoms with E-state index in [-0.39, 0.29) is 0 Å². The lowest BCUT2D eigenvalue weighted by atomic mass is 10.1. The third-order valence-corrected chi connectivity index (χ3v) is 4.24. The summed E-state index contributed by atoms with van der Waals surface area (Å²) in [5.74, 6) is -3.16. The summed E-state index contributed by atoms with van der Waals surface area (Å²) in [5.41, 5.74) is 0.482. The average molecular weight is 377 g/mol. The molecule has 1 fully saturated rings. The summed E-state index contributed by atoms with van der Waals surface area (Å²) in [6.07, 6.45) is 0.835. The van der Waals surface area contributed by atoms with Gasteiger partial charge in [-0.1, -0.05) is 30.3 Å². The maximum atomic E-state index is 12.6. The first-order valence-corrected chi connectivity index (χ1v) is 8.61. The quantitative estimate of drug-likeness (QED) is 0.458. The highest BCUT2D eigenvalue weighted by atomic mass is 16.5. The molecule has 0 radical (unpaired) electrons. The maximum absolute atomic E-state index is 12.6. The van der Waals surface area contributed by atoms with Gasteiger partial charge in [-0.3, -0.25) is 14.4 Å². The Morgan fingerprint density at radius 1 is 1.22 bits per heavy atom. The van der Waals surface area contributed by atoms with Crippen LogP contribution in [0.5, 0.6) is 0 Å². The molecule has 0 aromatic heterocycles. The topological polar surface area (TPSA) is 134 Å². The molecule has 0 bridgehead atoms. The second-order valence-corrected chi connectivity index (χ2v) is 6.18. The lowest BCUT2D eigenvalue weighted by molar-refractivity contribution is -0.146. The second kappa shape index (κ2) is 9.67. The molecule has 0 unspecified atom stereocenters. The van der Waals surface area contributed by atoms with Gasteiger partial charge in [-0.25, -0.2) is 4.79 Å². The minimum atomic E-state index is -1.31. The molecule has 9 heteroatoms. The van der Waals surface area contributed by atoms with E-state index in [1.807, 2.05) is 0 Å². The monoisotopic (exact) mass is 377 g/mol. The molecule has 146 valence electrons. The van der Waals surface area contributed by atoms with Crippen LogP contribution < -0.4 is 16.0 Å². The van der Waals surface area contributed by atoms with Gasteiger partial charge in [0.05, 0.1) is 19.6 Å². The Balaban J connectivity index is 2.13. The van der Waals surface area contributed by atoms with Crippen molar-refractivity contribution in [1.82, 2.24) is 16.0 Å². The van der Waals surface area contributed by atoms with Crippen molar-refractivity contribution in [2.24, 2.45) is 0 Å². The Labute approximate surface area is 156 Å². The van der Waals surface area contributed by atoms with E-state index in [1.54, 1.807) is 30.3 Å². The minimum Gasteiger partial charge on any atom is -0.481 e. The molecule has 2 amide bonds. The first-order chi connectivity index (χ1) is 12.9. The Hall–Kier alpha value is -2.94. The zero-order chi connectivity index (χ0) is 19.8. The second-order valence-electron chi connectivity index (χ2n) is 6.18. The van der Waals surface area contributed by atoms with E-state index in [0.29, 0.717) is 18.5 Å². The zero-order valence-electron chi connectivity index (χ0n) is 14.9. The summed E-state index contributed by atoms with van der Waals surface area (Å²) in [6.45, 7) is 0.687. The van der Waals surface area contributed by atoms with Gasteiger partial charge < -0.3 is 25.8 Å². The number of carboxylic acid groups (broad SMARTS) is 1. The summed E-state index contributed by atoms with van der Waals surface area (Å²) in [6, 6.07) is 5.53. The van der Waals surface area contributed by atoms with Crippen molar-refractivity contribution in [3.05, 3.63) is 35.9 Å². The fourth-order valence-electron chi connectivity index (χ4n) is 2.85. The van der Waals surface area contributed by atoms with Crippen LogP contribution in [0, 0.1) is 0 Å². The Bertz CT molecular complexity index is 688. The van der Waals surface area contributed by atoms with Gasteiger partial charge in [0.25, 0.3) is 0 Å². The normalized spacial score (nSPS) is 18.2. The number of rotatable bonds is 8. The first-order valence-electron chi connectivity index (χ1n) is 8.61. The molecule has 1 aliphatic heterocycles. The third-order valence-electron chi connectivity index (χ3n) is 4.24. The van der Waals surface area contributed by atoms with Crippen molar-refractivity contribution in [2.75, 3.05) is 13.7 Å². The van der Waals surface area contributed by atoms with Crippen LogP contribution in [0.2, 0.25) is 0 Å². The van der Waals surface area contributed by atoms with Crippen molar-refractivity contribution in [3.63, 3.8) is 0 Å². The number of carbonyl (C=O) groups is 4. The van der Waals surface area contributed by atoms with Gasteiger partial charge in [-0.05, 0) is 24.9 Å². The Kier molecular flexibility index (Phi) is 7.30. The Morgan fingerprint density at radius 3 is 2.48 bits per heavy atom. The van der Waals surface area contributed by atoms with E-state index >= 15 is 0 Å². The fraction of sp³-hybridized carbons (Fsp3) is 0.444. The number of aliphatic carboxylic acids is 1. The molecule has 1 saturated heterocycles. The highest BCUT2D eigenvalue weighted by Gasteiger charge is 2.32. The SMILES string of the molecule is COC(=O)[C@@H](NC(=O)[C@H](CC(=O)O)NC(=O)[C@H]1CCCN1)c1ccccc1. The molecule has 1 heterocycles. The number of benzene rings is 1. The molecule has 3 atom stereocenters. The van der Waals surface area contributed by atoms with Gasteiger partial charge in [0.1, 0.15) is 6.04 Å². The van der Waals surface area contributed by atoms with Crippen LogP contribution in [0.1, 0.15) is 30.9 Å². The highest BCUT2D eigenvalue weighted by molar-refractivity contribution is 5.94. The van der Waals surface area contributed by atoms with E-state index in [4.69, 9.17) is 9.84 Å². The van der Waals surface area contributed by atoms with E-state index in [2.05, 4.69) is 16.0 Å². The molecule has 0 spiro atoms. The number of hydrogen-bond donors (Lipinski definition) is 4. The number of hydrogen-bond acceptors (Lipinski definition) is 6. The van der Waals surface area contributed by atoms with Gasteiger partial charge in [-0.2, -0.15) is 0 Å². The van der Waals surface area contributed by atoms with Crippen LogP contribution in [0.4, 0.5) is 0 Å². The van der Waals surface area contributed by atoms with Gasteiger partial charge in [0.2, 0.25) is 11.8 Å². The maximum Gasteiger partial charge on any atom is 0.333 e. The van der Waals surface area contributed by atoms with Crippen molar-refractivity contribution >= 4 is 23.8 Å². The summed E-state index contributed by atoms with van der Waals surface area (Å²) < 4.78 is 4.72. The molecule has 27 heavy (non-hydrogen) atoms. The first kappa shape index (κ1) is 20.4. The van der Waals surface area contributed by atoms with Gasteiger partial charge in [0, 0.05) is 0 Å². The number of amides is 2. The lowest BCUT2D eigenvalue weighted by Crippen LogP contribution is -2.53. The third kappa shape index (κ3) is 5.78. The average Bonchev–Trinajstić information content (AvgIpc) is 3.20. The Morgan fingerprint density at radius 2 is 1.93 bits per heavy atom. The van der Waals surface area contributed by atoms with E-state index < -0.39 is 48.3 Å². The van der Waals surface area contributed by atoms with Crippen molar-refractivity contribution in [3.8, 4) is 0 Å². The molecular formula is C18H23N3O6. The van der Waals surface area contributed by atoms with Gasteiger partial charge in [0.15, 0.2) is 6.04 Å². The zero-order valence-corrected chi connectivity index (χ0v) is 14.9. The summed E-state index contributed by atoms with van der Waals surface area (Å²) in [4.78, 5) is 48.1. The van der Waals surface area contributed by atoms with Crippen LogP contribution in [0.25, 0.3) is 0 Å². The lowest BCUT2D eigenvalue weighted by Gasteiger charge is -2.22. The number of carbonyl (C=O) groups excluding carboxylic acids is 3. The summed E-state index contributed by atoms with van der Waals surface area (Å²) in [5, 5.41) is 17.0. The minimum absolute atomic E-state index is 0.441. The fourth-order valence-corrected chi connectivity index (χ4v) is 2.85. The number of carboxylic acids is 1. The van der Waals surface area contributed by atoms with Crippen LogP contribution in [0.3, 0.4) is 0 Å². The van der Waals surface area contributed by atoms with Crippen LogP contribution in [-0.2, 0) is 23.9 Å². The van der Waals surface area contributed by atoms with E-state index in [0.717, 1.165) is 6.42 Å². The van der Waals surface area contributed by atoms with Crippen molar-refractivity contribution < 1.29 is 29.0 Å². The van der Waals surface area contributed by atoms with Crippen LogP contribution >= 0.6 is 0 Å². The highest BCUT2D eigenvalue weighted by Crippen LogP contribution is 2.15. The predicted octanol–water partition coefficient (Wildman–Crippen LogP) is -0.272. The predicted molar refractivity (Wildman–Crippen MR) is 94.5 cm³/mol. The van der Waals surface area contributed by atoms with Gasteiger partial charge in [-0.15, -0.1) is 0 Å². The number of methoxy groups -OCH3 is 1. The molecule has 4 N–H and O–H groups in total. The smallest absolute Gasteiger partial charge is 0.333 e. The number of esters is 1. The largest absolute Gasteiger partial charge is 0.481 e. The summed E-state index contributed by atoms with van der Waals surface area (Å²) in [7, 11) is 1.19. The van der Waals surface area contributed by atoms with Crippen molar-refractivity contribution in [2.45, 2.75) is 37.4 Å². The van der Waals surface area contributed by atoms with Gasteiger partial charge >= 0.3 is 11.9 Å². The molecule has 1 aromatic rings. The molecule has 0 aliphatic carbocycles. The molecule has 9 nitrogen and oxygen atoms in total. The number of nitrogens with one attached hydrogen (secondary N) is 3. The van der Waals surface area contributed by atoms with E-state index in [9.17, 15) is 19.2 Å². The molecule has 0 saturated carbocycles. The van der Waals surface area contributed by atoms with E-state index in [1.165, 1.54) is 7.11 Å². The molecule has 1 aliphatic rings. The summed E-state index contributed by atoms with van der Waals surface area (Å²) >= 11 is 0. The van der Waals surface area contributed by atoms with Crippen LogP contribution in [-0.4, -0.2) is 54.6 Å². The standard InChI is InChI=1S/C18H23N3O6/c1-27-18(26)15(11-6-3-2-4-7-11)21-17(25)13(10-14(22)23)20-16(24)12-8-5-9-19-12/h2-4,6-7,12-13,15,19H,5,8-10H2,1H3,(H,20,24)(H,21,25)(H,22,23)/t12-,13+,15+/m1/s1. The number of ether oxygens (including phenoxy) is 1. The molecule has 1 aromatic carbocycles.